The standard InChI is InChI=1S/C28H28ClN7O5/c1-34-13-11-22(15-24(34)27(39)40-2)41-21-9-7-20(8-10-21)32-28-35(16-18-3-5-19(29)6-4-18)26(38)23(17-36(28)31)33-25(30)12-14-37/h3-15,17,24,37H,16,31H2,1-2H3,(H2,30,33)/b14-12-,32-28?. The molecule has 2 heterocycles. The number of rotatable bonds is 8. The van der Waals surface area contributed by atoms with Crippen LogP contribution in [0.15, 0.2) is 106 Å². The van der Waals surface area contributed by atoms with Gasteiger partial charge in [-0.3, -0.25) is 9.36 Å². The molecule has 1 atom stereocenters. The van der Waals surface area contributed by atoms with E-state index in [0.717, 1.165) is 22.6 Å². The minimum absolute atomic E-state index is 0.0514. The molecule has 1 unspecified atom stereocenters. The van der Waals surface area contributed by atoms with Crippen molar-refractivity contribution in [1.29, 1.82) is 0 Å². The number of hydrogen-bond donors (Lipinski definition) is 3. The van der Waals surface area contributed by atoms with Crippen LogP contribution < -0.4 is 27.5 Å². The van der Waals surface area contributed by atoms with Crippen molar-refractivity contribution in [2.75, 3.05) is 20.0 Å². The van der Waals surface area contributed by atoms with Crippen LogP contribution in [0.2, 0.25) is 5.02 Å². The molecule has 1 aromatic heterocycles. The average molecular weight is 578 g/mol. The summed E-state index contributed by atoms with van der Waals surface area (Å²) in [5, 5.41) is 9.52. The van der Waals surface area contributed by atoms with Gasteiger partial charge in [-0.15, -0.1) is 0 Å². The second kappa shape index (κ2) is 12.7. The van der Waals surface area contributed by atoms with Gasteiger partial charge >= 0.3 is 5.97 Å². The molecule has 1 aliphatic heterocycles. The Labute approximate surface area is 240 Å². The number of methoxy groups -OCH3 is 1. The summed E-state index contributed by atoms with van der Waals surface area (Å²) in [7, 11) is 3.09. The number of amidine groups is 1. The molecule has 12 nitrogen and oxygen atoms in total. The highest BCUT2D eigenvalue weighted by molar-refractivity contribution is 6.30. The third-order valence-electron chi connectivity index (χ3n) is 5.93. The molecule has 0 spiro atoms. The molecule has 3 aromatic rings. The van der Waals surface area contributed by atoms with Gasteiger partial charge in [0, 0.05) is 24.3 Å². The van der Waals surface area contributed by atoms with E-state index in [1.54, 1.807) is 78.8 Å². The Morgan fingerprint density at radius 2 is 1.88 bits per heavy atom. The number of aliphatic imine (C=N–C) groups is 1. The number of nitrogen functional groups attached to an aromatic ring is 1. The van der Waals surface area contributed by atoms with Crippen LogP contribution in [0.3, 0.4) is 0 Å². The first-order valence-electron chi connectivity index (χ1n) is 12.2. The monoisotopic (exact) mass is 577 g/mol. The van der Waals surface area contributed by atoms with Crippen LogP contribution in [0, 0.1) is 0 Å². The Hall–Kier alpha value is -5.23. The summed E-state index contributed by atoms with van der Waals surface area (Å²) < 4.78 is 13.3. The third kappa shape index (κ3) is 7.05. The number of aliphatic hydroxyl groups is 1. The predicted octanol–water partition coefficient (Wildman–Crippen LogP) is 2.62. The van der Waals surface area contributed by atoms with Crippen molar-refractivity contribution in [3.05, 3.63) is 118 Å². The maximum atomic E-state index is 13.4. The molecule has 0 fully saturated rings. The number of hydrogen-bond acceptors (Lipinski definition) is 9. The molecular formula is C28H28ClN7O5. The lowest BCUT2D eigenvalue weighted by atomic mass is 10.2. The van der Waals surface area contributed by atoms with Gasteiger partial charge in [-0.05, 0) is 54.1 Å². The van der Waals surface area contributed by atoms with Crippen molar-refractivity contribution < 1.29 is 19.4 Å². The number of ether oxygens (including phenoxy) is 2. The summed E-state index contributed by atoms with van der Waals surface area (Å²) in [6.07, 6.45) is 8.27. The molecule has 2 aromatic carbocycles. The van der Waals surface area contributed by atoms with Crippen molar-refractivity contribution in [3.63, 3.8) is 0 Å². The maximum absolute atomic E-state index is 13.4. The zero-order valence-corrected chi connectivity index (χ0v) is 23.0. The summed E-state index contributed by atoms with van der Waals surface area (Å²) in [6, 6.07) is 13.2. The Morgan fingerprint density at radius 1 is 1.17 bits per heavy atom. The van der Waals surface area contributed by atoms with E-state index in [9.17, 15) is 9.59 Å². The molecule has 0 radical (unpaired) electrons. The minimum atomic E-state index is -0.603. The topological polar surface area (TPSA) is 163 Å². The first-order valence-corrected chi connectivity index (χ1v) is 12.6. The Bertz CT molecular complexity index is 1670. The zero-order valence-electron chi connectivity index (χ0n) is 22.2. The molecule has 13 heteroatoms. The molecule has 4 rings (SSSR count). The molecular weight excluding hydrogens is 550 g/mol. The van der Waals surface area contributed by atoms with Crippen LogP contribution in [-0.2, 0) is 16.1 Å². The SMILES string of the molecule is COC(=O)C1C=C(Oc2ccc(N=c3n(N)cc(N=C(N)/C=C\O)c(=O)n3Cc3ccc(Cl)cc3)cc2)C=CN1C. The number of aliphatic hydroxyl groups excluding tert-OH is 1. The molecule has 0 bridgehead atoms. The van der Waals surface area contributed by atoms with E-state index in [0.29, 0.717) is 22.2 Å². The molecule has 1 aliphatic rings. The number of aromatic nitrogens is 2. The van der Waals surface area contributed by atoms with E-state index < -0.39 is 17.6 Å². The third-order valence-corrected chi connectivity index (χ3v) is 6.18. The van der Waals surface area contributed by atoms with E-state index in [1.807, 2.05) is 0 Å². The summed E-state index contributed by atoms with van der Waals surface area (Å²) in [4.78, 5) is 35.8. The van der Waals surface area contributed by atoms with Gasteiger partial charge in [0.25, 0.3) is 5.56 Å². The predicted molar refractivity (Wildman–Crippen MR) is 156 cm³/mol. The fourth-order valence-electron chi connectivity index (χ4n) is 3.85. The zero-order chi connectivity index (χ0) is 29.5. The number of benzene rings is 2. The van der Waals surface area contributed by atoms with Crippen molar-refractivity contribution in [3.8, 4) is 5.75 Å². The number of nitrogens with zero attached hydrogens (tertiary/aromatic N) is 5. The molecule has 0 saturated heterocycles. The van der Waals surface area contributed by atoms with E-state index >= 15 is 0 Å². The summed E-state index contributed by atoms with van der Waals surface area (Å²) >= 11 is 6.02. The number of allylic oxidation sites excluding steroid dienone is 1. The van der Waals surface area contributed by atoms with Crippen LogP contribution in [0.1, 0.15) is 5.56 Å². The first-order chi connectivity index (χ1) is 19.7. The largest absolute Gasteiger partial charge is 0.515 e. The highest BCUT2D eigenvalue weighted by Gasteiger charge is 2.23. The number of halogens is 1. The van der Waals surface area contributed by atoms with Crippen LogP contribution >= 0.6 is 11.6 Å². The van der Waals surface area contributed by atoms with Gasteiger partial charge in [0.2, 0.25) is 5.62 Å². The number of esters is 1. The van der Waals surface area contributed by atoms with E-state index in [4.69, 9.17) is 37.8 Å². The minimum Gasteiger partial charge on any atom is -0.515 e. The van der Waals surface area contributed by atoms with Gasteiger partial charge in [-0.1, -0.05) is 23.7 Å². The number of carbonyl (C=O) groups excluding carboxylic acids is 1. The van der Waals surface area contributed by atoms with Gasteiger partial charge in [0.1, 0.15) is 29.1 Å². The molecule has 0 saturated carbocycles. The van der Waals surface area contributed by atoms with E-state index in [1.165, 1.54) is 17.9 Å². The Balaban J connectivity index is 1.70. The summed E-state index contributed by atoms with van der Waals surface area (Å²) in [5.74, 6) is 6.75. The van der Waals surface area contributed by atoms with E-state index in [2.05, 4.69) is 9.98 Å². The normalized spacial score (nSPS) is 15.7. The molecule has 0 amide bonds. The molecule has 41 heavy (non-hydrogen) atoms. The fraction of sp³-hybridized carbons (Fsp3) is 0.143. The van der Waals surface area contributed by atoms with Gasteiger partial charge < -0.3 is 31.1 Å². The number of likely N-dealkylation sites (N-methyl/N-ethyl adjacent to an activating group) is 1. The smallest absolute Gasteiger partial charge is 0.332 e. The number of nitrogens with two attached hydrogens (primary N) is 2. The van der Waals surface area contributed by atoms with Crippen LogP contribution in [0.25, 0.3) is 0 Å². The quantitative estimate of drug-likeness (QED) is 0.121. The van der Waals surface area contributed by atoms with Crippen molar-refractivity contribution in [2.45, 2.75) is 12.6 Å². The van der Waals surface area contributed by atoms with Crippen molar-refractivity contribution in [1.82, 2.24) is 14.1 Å². The Kier molecular flexibility index (Phi) is 8.95. The maximum Gasteiger partial charge on any atom is 0.332 e. The fourth-order valence-corrected chi connectivity index (χ4v) is 3.98. The highest BCUT2D eigenvalue weighted by Crippen LogP contribution is 2.22. The second-order valence-electron chi connectivity index (χ2n) is 8.82. The van der Waals surface area contributed by atoms with Crippen molar-refractivity contribution in [2.24, 2.45) is 15.7 Å². The van der Waals surface area contributed by atoms with E-state index in [-0.39, 0.29) is 23.7 Å². The Morgan fingerprint density at radius 3 is 2.54 bits per heavy atom. The molecule has 212 valence electrons. The number of carbonyl (C=O) groups is 1. The molecule has 5 N–H and O–H groups in total. The lowest BCUT2D eigenvalue weighted by Crippen LogP contribution is -2.43. The summed E-state index contributed by atoms with van der Waals surface area (Å²) in [5.41, 5.74) is 6.59. The highest BCUT2D eigenvalue weighted by atomic mass is 35.5. The van der Waals surface area contributed by atoms with Crippen LogP contribution in [0.5, 0.6) is 5.75 Å². The van der Waals surface area contributed by atoms with Crippen LogP contribution in [0.4, 0.5) is 11.4 Å². The van der Waals surface area contributed by atoms with Gasteiger partial charge in [-0.25, -0.2) is 19.5 Å². The van der Waals surface area contributed by atoms with Crippen molar-refractivity contribution >= 4 is 34.8 Å². The second-order valence-corrected chi connectivity index (χ2v) is 9.25. The lowest BCUT2D eigenvalue weighted by Gasteiger charge is -2.25. The van der Waals surface area contributed by atoms with Gasteiger partial charge in [0.05, 0.1) is 31.8 Å². The average Bonchev–Trinajstić information content (AvgIpc) is 2.96. The van der Waals surface area contributed by atoms with Gasteiger partial charge in [0.15, 0.2) is 0 Å². The lowest BCUT2D eigenvalue weighted by molar-refractivity contribution is -0.143. The molecule has 0 aliphatic carbocycles. The summed E-state index contributed by atoms with van der Waals surface area (Å²) in [6.45, 7) is 0.114. The first kappa shape index (κ1) is 28.8. The van der Waals surface area contributed by atoms with Crippen LogP contribution in [-0.4, -0.2) is 51.3 Å². The van der Waals surface area contributed by atoms with Gasteiger partial charge in [-0.2, -0.15) is 0 Å².